The molecule has 2 saturated heterocycles. The fourth-order valence-corrected chi connectivity index (χ4v) is 5.74. The maximum Gasteiger partial charge on any atom is 0.323 e. The molecule has 0 aliphatic carbocycles. The van der Waals surface area contributed by atoms with Crippen LogP contribution in [0.4, 0.5) is 22.0 Å². The average Bonchev–Trinajstić information content (AvgIpc) is 3.64. The van der Waals surface area contributed by atoms with Gasteiger partial charge in [0, 0.05) is 72.7 Å². The fourth-order valence-electron chi connectivity index (χ4n) is 5.74. The Bertz CT molecular complexity index is 1830. The van der Waals surface area contributed by atoms with Gasteiger partial charge in [-0.25, -0.2) is 14.8 Å². The highest BCUT2D eigenvalue weighted by molar-refractivity contribution is 6.01. The second-order valence-electron chi connectivity index (χ2n) is 11.5. The molecule has 2 fully saturated rings. The van der Waals surface area contributed by atoms with Crippen LogP contribution in [0.15, 0.2) is 89.5 Å². The number of hydrogen-bond donors (Lipinski definition) is 2. The number of fused-ring (bicyclic) bond motifs is 1. The van der Waals surface area contributed by atoms with Crippen molar-refractivity contribution < 1.29 is 18.7 Å². The van der Waals surface area contributed by atoms with Gasteiger partial charge in [-0.15, -0.1) is 0 Å². The zero-order valence-electron chi connectivity index (χ0n) is 25.6. The Balaban J connectivity index is 1.05. The van der Waals surface area contributed by atoms with Gasteiger partial charge in [0.15, 0.2) is 5.82 Å². The summed E-state index contributed by atoms with van der Waals surface area (Å²) in [5, 5.41) is 6.68. The predicted octanol–water partition coefficient (Wildman–Crippen LogP) is 5.43. The number of amides is 3. The Morgan fingerprint density at radius 2 is 1.43 bits per heavy atom. The van der Waals surface area contributed by atoms with E-state index < -0.39 is 0 Å². The number of hydrogen-bond acceptors (Lipinski definition) is 8. The summed E-state index contributed by atoms with van der Waals surface area (Å²) in [6.45, 7) is 5.95. The number of ether oxygens (including phenoxy) is 1. The summed E-state index contributed by atoms with van der Waals surface area (Å²) in [5.41, 5.74) is 4.41. The Hall–Kier alpha value is -5.26. The van der Waals surface area contributed by atoms with Gasteiger partial charge in [-0.2, -0.15) is 0 Å². The molecule has 11 nitrogen and oxygen atoms in total. The molecule has 2 aromatic heterocycles. The van der Waals surface area contributed by atoms with E-state index in [0.717, 1.165) is 59.8 Å². The van der Waals surface area contributed by atoms with Gasteiger partial charge in [0.25, 0.3) is 5.91 Å². The largest absolute Gasteiger partial charge is 0.464 e. The third-order valence-electron chi connectivity index (χ3n) is 8.37. The first kappa shape index (κ1) is 29.5. The van der Waals surface area contributed by atoms with E-state index in [4.69, 9.17) is 19.1 Å². The third-order valence-corrected chi connectivity index (χ3v) is 8.37. The van der Waals surface area contributed by atoms with Crippen LogP contribution in [-0.2, 0) is 4.74 Å². The minimum absolute atomic E-state index is 0.00890. The van der Waals surface area contributed by atoms with Crippen LogP contribution in [0.25, 0.3) is 33.6 Å². The van der Waals surface area contributed by atoms with E-state index in [1.54, 1.807) is 30.5 Å². The highest BCUT2D eigenvalue weighted by atomic mass is 16.5. The zero-order valence-corrected chi connectivity index (χ0v) is 25.6. The molecule has 46 heavy (non-hydrogen) atoms. The summed E-state index contributed by atoms with van der Waals surface area (Å²) in [5.74, 6) is 2.24. The molecular formula is C35H35N7O4. The van der Waals surface area contributed by atoms with Gasteiger partial charge in [-0.1, -0.05) is 6.07 Å². The number of benzene rings is 3. The summed E-state index contributed by atoms with van der Waals surface area (Å²) >= 11 is 0. The number of piperazine rings is 1. The van der Waals surface area contributed by atoms with Crippen LogP contribution in [0.5, 0.6) is 0 Å². The summed E-state index contributed by atoms with van der Waals surface area (Å²) in [7, 11) is 2.06. The molecule has 7 rings (SSSR count). The van der Waals surface area contributed by atoms with Crippen molar-refractivity contribution in [2.45, 2.75) is 0 Å². The molecular weight excluding hydrogens is 582 g/mol. The van der Waals surface area contributed by atoms with Gasteiger partial charge >= 0.3 is 6.03 Å². The highest BCUT2D eigenvalue weighted by Gasteiger charge is 2.21. The lowest BCUT2D eigenvalue weighted by Gasteiger charge is -2.32. The summed E-state index contributed by atoms with van der Waals surface area (Å²) in [4.78, 5) is 41.8. The molecule has 234 valence electrons. The van der Waals surface area contributed by atoms with Crippen molar-refractivity contribution in [1.29, 1.82) is 0 Å². The molecule has 11 heteroatoms. The van der Waals surface area contributed by atoms with E-state index in [1.165, 1.54) is 0 Å². The van der Waals surface area contributed by atoms with E-state index in [9.17, 15) is 9.59 Å². The number of likely N-dealkylation sites (N-methyl/N-ethyl adjacent to an activating group) is 1. The Kier molecular flexibility index (Phi) is 8.32. The number of carbonyl (C=O) groups is 2. The maximum absolute atomic E-state index is 12.8. The second kappa shape index (κ2) is 13.0. The monoisotopic (exact) mass is 617 g/mol. The number of furan rings is 1. The van der Waals surface area contributed by atoms with Gasteiger partial charge in [0.1, 0.15) is 11.6 Å². The number of carbonyl (C=O) groups excluding carboxylic acids is 2. The molecule has 3 aromatic carbocycles. The van der Waals surface area contributed by atoms with Crippen LogP contribution >= 0.6 is 0 Å². The standard InChI is InChI=1S/C35H35N7O4/c1-40-14-16-42(17-15-40)34(43)25-6-11-28(12-7-25)37-35(44)36-27-9-4-24(5-10-27)32-38-30-23-26(31-3-2-20-46-31)8-13-29(30)33(39-32)41-18-21-45-22-19-41/h2-13,20,23H,14-19,21-22H2,1H3,(H2,36,37,44). The molecule has 0 bridgehead atoms. The van der Waals surface area contributed by atoms with Gasteiger partial charge in [-0.05, 0) is 79.8 Å². The molecule has 4 heterocycles. The molecule has 5 aromatic rings. The van der Waals surface area contributed by atoms with Gasteiger partial charge in [-0.3, -0.25) is 4.79 Å². The summed E-state index contributed by atoms with van der Waals surface area (Å²) < 4.78 is 11.2. The van der Waals surface area contributed by atoms with Crippen molar-refractivity contribution in [1.82, 2.24) is 19.8 Å². The minimum Gasteiger partial charge on any atom is -0.464 e. The first-order chi connectivity index (χ1) is 22.5. The number of urea groups is 1. The number of nitrogens with zero attached hydrogens (tertiary/aromatic N) is 5. The van der Waals surface area contributed by atoms with Crippen molar-refractivity contribution in [2.24, 2.45) is 0 Å². The lowest BCUT2D eigenvalue weighted by atomic mass is 10.1. The van der Waals surface area contributed by atoms with Crippen molar-refractivity contribution in [3.05, 3.63) is 90.7 Å². The topological polar surface area (TPSA) is 116 Å². The van der Waals surface area contributed by atoms with Gasteiger partial charge in [0.2, 0.25) is 0 Å². The lowest BCUT2D eigenvalue weighted by molar-refractivity contribution is 0.0664. The van der Waals surface area contributed by atoms with Crippen LogP contribution in [0, 0.1) is 0 Å². The smallest absolute Gasteiger partial charge is 0.323 e. The fraction of sp³-hybridized carbons (Fsp3) is 0.257. The van der Waals surface area contributed by atoms with Crippen molar-refractivity contribution in [3.63, 3.8) is 0 Å². The van der Waals surface area contributed by atoms with E-state index in [2.05, 4.69) is 27.5 Å². The van der Waals surface area contributed by atoms with Gasteiger partial charge < -0.3 is 34.5 Å². The number of morpholine rings is 1. The number of anilines is 3. The lowest BCUT2D eigenvalue weighted by Crippen LogP contribution is -2.47. The summed E-state index contributed by atoms with van der Waals surface area (Å²) in [6.07, 6.45) is 1.66. The van der Waals surface area contributed by atoms with Crippen LogP contribution in [-0.4, -0.2) is 91.2 Å². The second-order valence-corrected chi connectivity index (χ2v) is 11.5. The third kappa shape index (κ3) is 6.42. The molecule has 0 spiro atoms. The molecule has 3 amide bonds. The molecule has 0 atom stereocenters. The quantitative estimate of drug-likeness (QED) is 0.259. The van der Waals surface area contributed by atoms with E-state index >= 15 is 0 Å². The van der Waals surface area contributed by atoms with Crippen molar-refractivity contribution in [3.8, 4) is 22.7 Å². The average molecular weight is 618 g/mol. The first-order valence-electron chi connectivity index (χ1n) is 15.4. The molecule has 0 unspecified atom stereocenters. The predicted molar refractivity (Wildman–Crippen MR) is 178 cm³/mol. The van der Waals surface area contributed by atoms with E-state index in [1.807, 2.05) is 59.5 Å². The summed E-state index contributed by atoms with van der Waals surface area (Å²) in [6, 6.07) is 24.0. The molecule has 2 aliphatic heterocycles. The van der Waals surface area contributed by atoms with Crippen LogP contribution in [0.2, 0.25) is 0 Å². The number of rotatable bonds is 6. The van der Waals surface area contributed by atoms with E-state index in [0.29, 0.717) is 49.1 Å². The highest BCUT2D eigenvalue weighted by Crippen LogP contribution is 2.32. The van der Waals surface area contributed by atoms with Gasteiger partial charge in [0.05, 0.1) is 25.0 Å². The normalized spacial score (nSPS) is 15.6. The van der Waals surface area contributed by atoms with Crippen LogP contribution < -0.4 is 15.5 Å². The molecule has 2 N–H and O–H groups in total. The van der Waals surface area contributed by atoms with Crippen molar-refractivity contribution >= 4 is 40.0 Å². The number of aromatic nitrogens is 2. The Morgan fingerprint density at radius 3 is 2.11 bits per heavy atom. The zero-order chi connectivity index (χ0) is 31.5. The SMILES string of the molecule is CN1CCN(C(=O)c2ccc(NC(=O)Nc3ccc(-c4nc(N5CCOCC5)c5ccc(-c6ccco6)cc5n4)cc3)cc2)CC1. The molecule has 2 aliphatic rings. The first-order valence-corrected chi connectivity index (χ1v) is 15.4. The van der Waals surface area contributed by atoms with Crippen LogP contribution in [0.1, 0.15) is 10.4 Å². The van der Waals surface area contributed by atoms with Crippen molar-refractivity contribution in [2.75, 3.05) is 75.1 Å². The van der Waals surface area contributed by atoms with E-state index in [-0.39, 0.29) is 11.9 Å². The maximum atomic E-state index is 12.8. The number of nitrogens with one attached hydrogen (secondary N) is 2. The van der Waals surface area contributed by atoms with Crippen LogP contribution in [0.3, 0.4) is 0 Å². The molecule has 0 radical (unpaired) electrons. The Morgan fingerprint density at radius 1 is 0.761 bits per heavy atom. The minimum atomic E-state index is -0.382. The molecule has 0 saturated carbocycles. The Labute approximate surface area is 266 Å².